The number of nitrogens with zero attached hydrogens (tertiary/aromatic N) is 3. The zero-order chi connectivity index (χ0) is 18.3. The number of hydrogen-bond donors (Lipinski definition) is 1. The van der Waals surface area contributed by atoms with Crippen molar-refractivity contribution >= 4 is 11.8 Å². The number of nitrogens with one attached hydrogen (secondary N) is 1. The van der Waals surface area contributed by atoms with Crippen molar-refractivity contribution in [3.05, 3.63) is 48.0 Å². The molecule has 0 bridgehead atoms. The summed E-state index contributed by atoms with van der Waals surface area (Å²) in [6.07, 6.45) is 8.67. The maximum Gasteiger partial charge on any atom is 0.228 e. The molecule has 2 aromatic rings. The summed E-state index contributed by atoms with van der Waals surface area (Å²) in [6.45, 7) is 4.06. The van der Waals surface area contributed by atoms with Gasteiger partial charge < -0.3 is 15.0 Å². The molecule has 0 saturated carbocycles. The highest BCUT2D eigenvalue weighted by Gasteiger charge is 2.16. The molecule has 27 heavy (non-hydrogen) atoms. The van der Waals surface area contributed by atoms with E-state index in [1.165, 1.54) is 25.7 Å². The van der Waals surface area contributed by atoms with Gasteiger partial charge >= 0.3 is 0 Å². The number of rotatable bonds is 6. The molecular formula is C22H28N4O. The minimum atomic E-state index is 0.732. The molecule has 0 spiro atoms. The van der Waals surface area contributed by atoms with Gasteiger partial charge in [0.2, 0.25) is 5.95 Å². The lowest BCUT2D eigenvalue weighted by Crippen LogP contribution is -2.37. The predicted octanol–water partition coefficient (Wildman–Crippen LogP) is 4.28. The Morgan fingerprint density at radius 3 is 2.67 bits per heavy atom. The van der Waals surface area contributed by atoms with Crippen LogP contribution in [0.5, 0.6) is 0 Å². The summed E-state index contributed by atoms with van der Waals surface area (Å²) in [5, 5.41) is 3.53. The van der Waals surface area contributed by atoms with Crippen molar-refractivity contribution in [2.45, 2.75) is 32.1 Å². The van der Waals surface area contributed by atoms with Gasteiger partial charge in [-0.15, -0.1) is 0 Å². The lowest BCUT2D eigenvalue weighted by molar-refractivity contribution is 0.122. The van der Waals surface area contributed by atoms with Crippen LogP contribution in [0.15, 0.2) is 48.0 Å². The molecule has 1 aliphatic carbocycles. The van der Waals surface area contributed by atoms with Crippen LogP contribution < -0.4 is 10.2 Å². The van der Waals surface area contributed by atoms with Crippen molar-refractivity contribution in [2.24, 2.45) is 0 Å². The standard InChI is InChI=1S/C22H28N4O/c1-3-7-18(8-4-1)11-12-23-21-17-20(19-9-5-2-6-10-19)24-22(25-21)26-13-15-27-16-14-26/h2,5-7,9-10,17H,1,3-4,8,11-16H2,(H,23,24,25). The van der Waals surface area contributed by atoms with Gasteiger partial charge in [-0.25, -0.2) is 4.98 Å². The minimum absolute atomic E-state index is 0.732. The summed E-state index contributed by atoms with van der Waals surface area (Å²) in [4.78, 5) is 11.8. The summed E-state index contributed by atoms with van der Waals surface area (Å²) < 4.78 is 5.48. The molecule has 1 aliphatic heterocycles. The summed E-state index contributed by atoms with van der Waals surface area (Å²) >= 11 is 0. The molecule has 1 fully saturated rings. The molecule has 0 radical (unpaired) electrons. The van der Waals surface area contributed by atoms with Gasteiger partial charge in [0.05, 0.1) is 18.9 Å². The second-order valence-electron chi connectivity index (χ2n) is 7.19. The van der Waals surface area contributed by atoms with E-state index in [1.807, 2.05) is 6.07 Å². The Balaban J connectivity index is 1.52. The van der Waals surface area contributed by atoms with E-state index < -0.39 is 0 Å². The van der Waals surface area contributed by atoms with Crippen LogP contribution in [0, 0.1) is 0 Å². The Kier molecular flexibility index (Phi) is 5.99. The van der Waals surface area contributed by atoms with E-state index in [0.717, 1.165) is 62.3 Å². The SMILES string of the molecule is C1=C(CCNc2cc(-c3ccccc3)nc(N3CCOCC3)n2)CCCC1. The van der Waals surface area contributed by atoms with Crippen LogP contribution in [0.1, 0.15) is 32.1 Å². The molecular weight excluding hydrogens is 336 g/mol. The third-order valence-corrected chi connectivity index (χ3v) is 5.22. The molecule has 1 saturated heterocycles. The highest BCUT2D eigenvalue weighted by Crippen LogP contribution is 2.24. The Morgan fingerprint density at radius 1 is 1.04 bits per heavy atom. The van der Waals surface area contributed by atoms with Crippen LogP contribution in [0.4, 0.5) is 11.8 Å². The van der Waals surface area contributed by atoms with E-state index in [-0.39, 0.29) is 0 Å². The zero-order valence-corrected chi connectivity index (χ0v) is 15.9. The second kappa shape index (κ2) is 9.00. The van der Waals surface area contributed by atoms with Crippen molar-refractivity contribution in [2.75, 3.05) is 43.1 Å². The maximum atomic E-state index is 5.48. The molecule has 2 aliphatic rings. The van der Waals surface area contributed by atoms with Crippen LogP contribution in [0.2, 0.25) is 0 Å². The number of hydrogen-bond acceptors (Lipinski definition) is 5. The lowest BCUT2D eigenvalue weighted by Gasteiger charge is -2.27. The molecule has 1 aromatic heterocycles. The van der Waals surface area contributed by atoms with Crippen molar-refractivity contribution < 1.29 is 4.74 Å². The quantitative estimate of drug-likeness (QED) is 0.775. The van der Waals surface area contributed by atoms with Crippen LogP contribution >= 0.6 is 0 Å². The van der Waals surface area contributed by atoms with Gasteiger partial charge in [0, 0.05) is 31.3 Å². The first kappa shape index (κ1) is 18.0. The Morgan fingerprint density at radius 2 is 1.89 bits per heavy atom. The number of anilines is 2. The number of morpholine rings is 1. The molecule has 142 valence electrons. The van der Waals surface area contributed by atoms with Crippen molar-refractivity contribution in [1.29, 1.82) is 0 Å². The minimum Gasteiger partial charge on any atom is -0.378 e. The van der Waals surface area contributed by atoms with E-state index in [2.05, 4.69) is 46.6 Å². The third kappa shape index (κ3) is 4.86. The van der Waals surface area contributed by atoms with Crippen molar-refractivity contribution in [1.82, 2.24) is 9.97 Å². The molecule has 1 N–H and O–H groups in total. The maximum absolute atomic E-state index is 5.48. The van der Waals surface area contributed by atoms with Crippen LogP contribution in [-0.4, -0.2) is 42.8 Å². The predicted molar refractivity (Wildman–Crippen MR) is 110 cm³/mol. The van der Waals surface area contributed by atoms with Gasteiger partial charge in [-0.1, -0.05) is 42.0 Å². The zero-order valence-electron chi connectivity index (χ0n) is 15.9. The average molecular weight is 364 g/mol. The number of aromatic nitrogens is 2. The van der Waals surface area contributed by atoms with Crippen molar-refractivity contribution in [3.8, 4) is 11.3 Å². The molecule has 2 heterocycles. The summed E-state index contributed by atoms with van der Waals surface area (Å²) in [5.41, 5.74) is 3.67. The molecule has 5 nitrogen and oxygen atoms in total. The van der Waals surface area contributed by atoms with Gasteiger partial charge in [0.1, 0.15) is 5.82 Å². The Hall–Kier alpha value is -2.40. The van der Waals surface area contributed by atoms with E-state index in [9.17, 15) is 0 Å². The van der Waals surface area contributed by atoms with E-state index in [4.69, 9.17) is 14.7 Å². The molecule has 0 atom stereocenters. The van der Waals surface area contributed by atoms with E-state index in [0.29, 0.717) is 0 Å². The van der Waals surface area contributed by atoms with E-state index >= 15 is 0 Å². The highest BCUT2D eigenvalue weighted by atomic mass is 16.5. The van der Waals surface area contributed by atoms with Gasteiger partial charge in [-0.05, 0) is 32.1 Å². The number of allylic oxidation sites excluding steroid dienone is 1. The van der Waals surface area contributed by atoms with Gasteiger partial charge in [0.25, 0.3) is 0 Å². The Labute approximate surface area is 161 Å². The molecule has 0 amide bonds. The van der Waals surface area contributed by atoms with Crippen LogP contribution in [-0.2, 0) is 4.74 Å². The normalized spacial score (nSPS) is 17.5. The third-order valence-electron chi connectivity index (χ3n) is 5.22. The second-order valence-corrected chi connectivity index (χ2v) is 7.19. The largest absolute Gasteiger partial charge is 0.378 e. The molecule has 4 rings (SSSR count). The first-order valence-corrected chi connectivity index (χ1v) is 10.1. The average Bonchev–Trinajstić information content (AvgIpc) is 2.76. The molecule has 5 heteroatoms. The van der Waals surface area contributed by atoms with E-state index in [1.54, 1.807) is 5.57 Å². The fourth-order valence-electron chi connectivity index (χ4n) is 3.67. The van der Waals surface area contributed by atoms with Gasteiger partial charge in [0.15, 0.2) is 0 Å². The summed E-state index contributed by atoms with van der Waals surface area (Å²) in [6, 6.07) is 12.4. The fraction of sp³-hybridized carbons (Fsp3) is 0.455. The molecule has 1 aromatic carbocycles. The highest BCUT2D eigenvalue weighted by molar-refractivity contribution is 5.64. The van der Waals surface area contributed by atoms with Crippen molar-refractivity contribution in [3.63, 3.8) is 0 Å². The topological polar surface area (TPSA) is 50.3 Å². The van der Waals surface area contributed by atoms with Crippen LogP contribution in [0.3, 0.4) is 0 Å². The monoisotopic (exact) mass is 364 g/mol. The summed E-state index contributed by atoms with van der Waals surface area (Å²) in [5.74, 6) is 1.70. The van der Waals surface area contributed by atoms with Gasteiger partial charge in [-0.3, -0.25) is 0 Å². The first-order chi connectivity index (χ1) is 13.4. The molecule has 0 unspecified atom stereocenters. The van der Waals surface area contributed by atoms with Gasteiger partial charge in [-0.2, -0.15) is 4.98 Å². The smallest absolute Gasteiger partial charge is 0.228 e. The number of ether oxygens (including phenoxy) is 1. The fourth-order valence-corrected chi connectivity index (χ4v) is 3.67. The summed E-state index contributed by atoms with van der Waals surface area (Å²) in [7, 11) is 0. The number of benzene rings is 1. The lowest BCUT2D eigenvalue weighted by atomic mass is 9.97. The Bertz CT molecular complexity index is 769. The first-order valence-electron chi connectivity index (χ1n) is 10.1. The van der Waals surface area contributed by atoms with Crippen LogP contribution in [0.25, 0.3) is 11.3 Å².